The second kappa shape index (κ2) is 9.20. The number of nitrogens with zero attached hydrogens (tertiary/aromatic N) is 1. The monoisotopic (exact) mass is 180 g/mol. The molecule has 0 aromatic heterocycles. The third-order valence-corrected chi connectivity index (χ3v) is 0.630. The molecule has 10 heavy (non-hydrogen) atoms. The van der Waals surface area contributed by atoms with E-state index in [0.29, 0.717) is 4.32 Å². The van der Waals surface area contributed by atoms with Crippen LogP contribution in [0, 0.1) is 0 Å². The maximum atomic E-state index is 4.55. The molecule has 0 saturated heterocycles. The van der Waals surface area contributed by atoms with E-state index in [-0.39, 0.29) is 0 Å². The Morgan fingerprint density at radius 1 is 1.50 bits per heavy atom. The summed E-state index contributed by atoms with van der Waals surface area (Å²) in [5.74, 6) is 0. The standard InChI is InChI=1S/C3H7NS2.C3H9N/c1-2-4-3(5)6;1-4(2)3/h2H2,1H3,(H2,4,5,6);1-3H3. The van der Waals surface area contributed by atoms with Gasteiger partial charge >= 0.3 is 0 Å². The average Bonchev–Trinajstić information content (AvgIpc) is 1.62. The Balaban J connectivity index is 0. The molecule has 0 fully saturated rings. The lowest BCUT2D eigenvalue weighted by atomic mass is 10.8. The predicted molar refractivity (Wildman–Crippen MR) is 54.9 cm³/mol. The number of thiol groups is 1. The highest BCUT2D eigenvalue weighted by Gasteiger charge is 1.74. The lowest BCUT2D eigenvalue weighted by Gasteiger charge is -1.91. The molecule has 0 spiro atoms. The molecule has 1 N–H and O–H groups in total. The highest BCUT2D eigenvalue weighted by molar-refractivity contribution is 8.11. The third-order valence-electron chi connectivity index (χ3n) is 0.328. The van der Waals surface area contributed by atoms with Crippen molar-refractivity contribution in [3.05, 3.63) is 0 Å². The molecule has 0 amide bonds. The van der Waals surface area contributed by atoms with E-state index in [9.17, 15) is 0 Å². The molecule has 62 valence electrons. The van der Waals surface area contributed by atoms with Crippen molar-refractivity contribution in [2.75, 3.05) is 27.7 Å². The smallest absolute Gasteiger partial charge is 0.130 e. The third kappa shape index (κ3) is 41.5. The molecule has 0 unspecified atom stereocenters. The molecule has 0 rings (SSSR count). The Kier molecular flexibility index (Phi) is 11.8. The van der Waals surface area contributed by atoms with Crippen LogP contribution >= 0.6 is 24.8 Å². The lowest BCUT2D eigenvalue weighted by Crippen LogP contribution is -2.14. The van der Waals surface area contributed by atoms with E-state index in [4.69, 9.17) is 0 Å². The summed E-state index contributed by atoms with van der Waals surface area (Å²) in [4.78, 5) is 2.00. The second-order valence-electron chi connectivity index (χ2n) is 2.18. The van der Waals surface area contributed by atoms with Gasteiger partial charge in [0.05, 0.1) is 0 Å². The number of nitrogens with one attached hydrogen (secondary N) is 1. The van der Waals surface area contributed by atoms with Crippen LogP contribution in [0.15, 0.2) is 0 Å². The molecule has 0 heterocycles. The Hall–Kier alpha value is 0.200. The normalized spacial score (nSPS) is 8.20. The van der Waals surface area contributed by atoms with Crippen molar-refractivity contribution in [3.8, 4) is 0 Å². The van der Waals surface area contributed by atoms with Gasteiger partial charge in [-0.15, -0.1) is 12.6 Å². The number of hydrogen-bond donors (Lipinski definition) is 2. The van der Waals surface area contributed by atoms with Gasteiger partial charge in [0.15, 0.2) is 0 Å². The van der Waals surface area contributed by atoms with Crippen molar-refractivity contribution in [1.29, 1.82) is 0 Å². The Bertz CT molecular complexity index is 81.1. The van der Waals surface area contributed by atoms with Gasteiger partial charge in [-0.1, -0.05) is 12.2 Å². The summed E-state index contributed by atoms with van der Waals surface area (Å²) in [6.07, 6.45) is 0. The molecular formula is C6H16N2S2. The van der Waals surface area contributed by atoms with E-state index < -0.39 is 0 Å². The summed E-state index contributed by atoms with van der Waals surface area (Å²) in [5, 5.41) is 2.80. The fraction of sp³-hybridized carbons (Fsp3) is 0.833. The van der Waals surface area contributed by atoms with E-state index in [1.807, 2.05) is 33.0 Å². The van der Waals surface area contributed by atoms with E-state index in [1.165, 1.54) is 0 Å². The van der Waals surface area contributed by atoms with Gasteiger partial charge in [0, 0.05) is 6.54 Å². The Labute approximate surface area is 74.4 Å². The number of hydrogen-bond acceptors (Lipinski definition) is 2. The summed E-state index contributed by atoms with van der Waals surface area (Å²) in [5.41, 5.74) is 0. The molecule has 0 aliphatic heterocycles. The lowest BCUT2D eigenvalue weighted by molar-refractivity contribution is 0.505. The van der Waals surface area contributed by atoms with Crippen LogP contribution in [0.4, 0.5) is 0 Å². The fourth-order valence-corrected chi connectivity index (χ4v) is 0.454. The van der Waals surface area contributed by atoms with Gasteiger partial charge in [-0.05, 0) is 28.1 Å². The summed E-state index contributed by atoms with van der Waals surface area (Å²) in [6, 6.07) is 0. The molecule has 2 nitrogen and oxygen atoms in total. The molecule has 0 radical (unpaired) electrons. The van der Waals surface area contributed by atoms with Crippen molar-refractivity contribution in [1.82, 2.24) is 10.2 Å². The number of rotatable bonds is 1. The fourth-order valence-electron chi connectivity index (χ4n) is 0.151. The highest BCUT2D eigenvalue weighted by atomic mass is 32.1. The quantitative estimate of drug-likeness (QED) is 0.462. The minimum atomic E-state index is 0.567. The average molecular weight is 180 g/mol. The minimum Gasteiger partial charge on any atom is -0.371 e. The molecule has 0 aliphatic rings. The van der Waals surface area contributed by atoms with Crippen LogP contribution in [0.1, 0.15) is 6.92 Å². The molecule has 0 bridgehead atoms. The molecule has 0 aliphatic carbocycles. The van der Waals surface area contributed by atoms with Gasteiger partial charge in [0.1, 0.15) is 4.32 Å². The van der Waals surface area contributed by atoms with E-state index in [0.717, 1.165) is 6.54 Å². The van der Waals surface area contributed by atoms with Gasteiger partial charge in [-0.25, -0.2) is 0 Å². The molecular weight excluding hydrogens is 164 g/mol. The maximum Gasteiger partial charge on any atom is 0.130 e. The van der Waals surface area contributed by atoms with Crippen molar-refractivity contribution in [3.63, 3.8) is 0 Å². The van der Waals surface area contributed by atoms with Crippen molar-refractivity contribution >= 4 is 29.2 Å². The molecule has 4 heteroatoms. The maximum absolute atomic E-state index is 4.55. The first-order valence-corrected chi connectivity index (χ1v) is 3.94. The van der Waals surface area contributed by atoms with Crippen LogP contribution < -0.4 is 5.32 Å². The summed E-state index contributed by atoms with van der Waals surface area (Å²) in [6.45, 7) is 2.84. The van der Waals surface area contributed by atoms with Crippen LogP contribution in [0.2, 0.25) is 0 Å². The first-order valence-electron chi connectivity index (χ1n) is 3.08. The first-order chi connectivity index (χ1) is 4.50. The largest absolute Gasteiger partial charge is 0.371 e. The van der Waals surface area contributed by atoms with E-state index in [2.05, 4.69) is 30.2 Å². The molecule has 0 saturated carbocycles. The molecule has 0 atom stereocenters. The van der Waals surface area contributed by atoms with Crippen LogP contribution in [0.5, 0.6) is 0 Å². The predicted octanol–water partition coefficient (Wildman–Crippen LogP) is 0.988. The topological polar surface area (TPSA) is 15.3 Å². The van der Waals surface area contributed by atoms with Crippen LogP contribution in [0.3, 0.4) is 0 Å². The summed E-state index contributed by atoms with van der Waals surface area (Å²) < 4.78 is 0.567. The van der Waals surface area contributed by atoms with Crippen LogP contribution in [-0.4, -0.2) is 36.9 Å². The first kappa shape index (κ1) is 12.8. The van der Waals surface area contributed by atoms with Crippen LogP contribution in [-0.2, 0) is 0 Å². The van der Waals surface area contributed by atoms with Gasteiger partial charge in [0.2, 0.25) is 0 Å². The number of thiocarbonyl (C=S) groups is 1. The molecule has 0 aromatic carbocycles. The zero-order valence-corrected chi connectivity index (χ0v) is 8.72. The van der Waals surface area contributed by atoms with E-state index >= 15 is 0 Å². The van der Waals surface area contributed by atoms with E-state index in [1.54, 1.807) is 0 Å². The Morgan fingerprint density at radius 2 is 1.80 bits per heavy atom. The SMILES string of the molecule is CCNC(=S)S.CN(C)C. The Morgan fingerprint density at radius 3 is 1.80 bits per heavy atom. The van der Waals surface area contributed by atoms with Crippen molar-refractivity contribution in [2.24, 2.45) is 0 Å². The van der Waals surface area contributed by atoms with Crippen molar-refractivity contribution < 1.29 is 0 Å². The van der Waals surface area contributed by atoms with Gasteiger partial charge in [-0.2, -0.15) is 0 Å². The minimum absolute atomic E-state index is 0.567. The summed E-state index contributed by atoms with van der Waals surface area (Å²) >= 11 is 8.35. The van der Waals surface area contributed by atoms with Gasteiger partial charge in [-0.3, -0.25) is 0 Å². The highest BCUT2D eigenvalue weighted by Crippen LogP contribution is 1.72. The zero-order valence-electron chi connectivity index (χ0n) is 7.01. The van der Waals surface area contributed by atoms with Crippen molar-refractivity contribution in [2.45, 2.75) is 6.92 Å². The van der Waals surface area contributed by atoms with Crippen LogP contribution in [0.25, 0.3) is 0 Å². The zero-order chi connectivity index (χ0) is 8.57. The van der Waals surface area contributed by atoms with Gasteiger partial charge in [0.25, 0.3) is 0 Å². The second-order valence-corrected chi connectivity index (χ2v) is 3.34. The summed E-state index contributed by atoms with van der Waals surface area (Å²) in [7, 11) is 6.00. The molecule has 0 aromatic rings. The van der Waals surface area contributed by atoms with Gasteiger partial charge < -0.3 is 10.2 Å².